The van der Waals surface area contributed by atoms with Crippen LogP contribution in [0.3, 0.4) is 0 Å². The molecular formula is C22H29ClN4O3. The zero-order valence-electron chi connectivity index (χ0n) is 18.0. The van der Waals surface area contributed by atoms with Crippen molar-refractivity contribution in [2.24, 2.45) is 5.41 Å². The molecule has 1 atom stereocenters. The van der Waals surface area contributed by atoms with Gasteiger partial charge in [-0.3, -0.25) is 4.79 Å². The molecule has 2 aliphatic heterocycles. The molecule has 0 aliphatic carbocycles. The van der Waals surface area contributed by atoms with Crippen LogP contribution in [0, 0.1) is 5.41 Å². The number of ether oxygens (including phenoxy) is 1. The number of benzene rings is 1. The van der Waals surface area contributed by atoms with Gasteiger partial charge in [-0.2, -0.15) is 0 Å². The number of halogens is 1. The minimum atomic E-state index is -0.0128. The van der Waals surface area contributed by atoms with Gasteiger partial charge in [-0.1, -0.05) is 25.4 Å². The summed E-state index contributed by atoms with van der Waals surface area (Å²) in [5.41, 5.74) is 0.604. The van der Waals surface area contributed by atoms with E-state index in [4.69, 9.17) is 20.8 Å². The zero-order valence-corrected chi connectivity index (χ0v) is 18.8. The van der Waals surface area contributed by atoms with Gasteiger partial charge in [0.2, 0.25) is 11.8 Å². The predicted molar refractivity (Wildman–Crippen MR) is 114 cm³/mol. The average molecular weight is 433 g/mol. The third-order valence-electron chi connectivity index (χ3n) is 6.51. The van der Waals surface area contributed by atoms with Gasteiger partial charge in [0.25, 0.3) is 5.91 Å². The van der Waals surface area contributed by atoms with Crippen LogP contribution in [0.5, 0.6) is 5.75 Å². The molecule has 4 rings (SSSR count). The van der Waals surface area contributed by atoms with Crippen LogP contribution < -0.4 is 4.74 Å². The normalized spacial score (nSPS) is 21.5. The Bertz CT molecular complexity index is 921. The predicted octanol–water partition coefficient (Wildman–Crippen LogP) is 3.81. The first-order valence-electron chi connectivity index (χ1n) is 10.5. The van der Waals surface area contributed by atoms with E-state index in [1.54, 1.807) is 25.3 Å². The molecule has 0 radical (unpaired) electrons. The minimum Gasteiger partial charge on any atom is -0.496 e. The summed E-state index contributed by atoms with van der Waals surface area (Å²) in [6, 6.07) is 5.16. The number of nitrogens with zero attached hydrogens (tertiary/aromatic N) is 4. The van der Waals surface area contributed by atoms with E-state index < -0.39 is 0 Å². The largest absolute Gasteiger partial charge is 0.496 e. The first-order valence-corrected chi connectivity index (χ1v) is 10.9. The molecule has 2 aromatic rings. The molecule has 3 heterocycles. The average Bonchev–Trinajstić information content (AvgIpc) is 3.33. The summed E-state index contributed by atoms with van der Waals surface area (Å²) < 4.78 is 11.4. The van der Waals surface area contributed by atoms with Gasteiger partial charge >= 0.3 is 0 Å². The first kappa shape index (κ1) is 21.1. The van der Waals surface area contributed by atoms with Gasteiger partial charge in [0, 0.05) is 37.1 Å². The van der Waals surface area contributed by atoms with Gasteiger partial charge in [-0.15, -0.1) is 10.2 Å². The van der Waals surface area contributed by atoms with Crippen molar-refractivity contribution >= 4 is 17.5 Å². The molecule has 2 fully saturated rings. The first-order chi connectivity index (χ1) is 14.3. The summed E-state index contributed by atoms with van der Waals surface area (Å²) in [5.74, 6) is 2.35. The highest BCUT2D eigenvalue weighted by Crippen LogP contribution is 2.49. The second-order valence-electron chi connectivity index (χ2n) is 8.88. The number of piperidine rings is 1. The van der Waals surface area contributed by atoms with E-state index in [0.29, 0.717) is 35.3 Å². The van der Waals surface area contributed by atoms with Crippen molar-refractivity contribution in [1.29, 1.82) is 0 Å². The highest BCUT2D eigenvalue weighted by Gasteiger charge is 2.50. The topological polar surface area (TPSA) is 71.7 Å². The molecule has 2 saturated heterocycles. The summed E-state index contributed by atoms with van der Waals surface area (Å²) in [7, 11) is 3.69. The van der Waals surface area contributed by atoms with Crippen molar-refractivity contribution in [2.75, 3.05) is 40.3 Å². The summed E-state index contributed by atoms with van der Waals surface area (Å²) in [4.78, 5) is 17.4. The highest BCUT2D eigenvalue weighted by atomic mass is 35.5. The monoisotopic (exact) mass is 432 g/mol. The number of hydrogen-bond acceptors (Lipinski definition) is 6. The molecule has 1 amide bonds. The molecule has 7 nitrogen and oxygen atoms in total. The molecule has 162 valence electrons. The van der Waals surface area contributed by atoms with Crippen molar-refractivity contribution in [1.82, 2.24) is 20.0 Å². The molecule has 1 aromatic carbocycles. The molecule has 0 bridgehead atoms. The van der Waals surface area contributed by atoms with Crippen molar-refractivity contribution in [3.05, 3.63) is 40.6 Å². The minimum absolute atomic E-state index is 0.0128. The highest BCUT2D eigenvalue weighted by molar-refractivity contribution is 6.30. The number of carbonyl (C=O) groups excluding carboxylic acids is 1. The Labute approximate surface area is 182 Å². The van der Waals surface area contributed by atoms with Gasteiger partial charge in [-0.25, -0.2) is 0 Å². The van der Waals surface area contributed by atoms with Gasteiger partial charge in [-0.05, 0) is 43.5 Å². The second kappa shape index (κ2) is 8.19. The van der Waals surface area contributed by atoms with E-state index >= 15 is 0 Å². The Morgan fingerprint density at radius 1 is 1.30 bits per heavy atom. The third-order valence-corrected chi connectivity index (χ3v) is 6.74. The lowest BCUT2D eigenvalue weighted by Crippen LogP contribution is -2.46. The van der Waals surface area contributed by atoms with Crippen molar-refractivity contribution in [3.63, 3.8) is 0 Å². The third kappa shape index (κ3) is 3.81. The number of methoxy groups -OCH3 is 1. The number of carbonyl (C=O) groups is 1. The van der Waals surface area contributed by atoms with Gasteiger partial charge in [0.05, 0.1) is 18.6 Å². The van der Waals surface area contributed by atoms with Gasteiger partial charge in [0.15, 0.2) is 0 Å². The van der Waals surface area contributed by atoms with Crippen LogP contribution in [0.25, 0.3) is 0 Å². The van der Waals surface area contributed by atoms with Crippen LogP contribution in [-0.2, 0) is 0 Å². The van der Waals surface area contributed by atoms with Crippen LogP contribution in [0.1, 0.15) is 60.7 Å². The van der Waals surface area contributed by atoms with Gasteiger partial charge in [0.1, 0.15) is 5.75 Å². The molecule has 8 heteroatoms. The number of hydrogen-bond donors (Lipinski definition) is 0. The smallest absolute Gasteiger partial charge is 0.257 e. The lowest BCUT2D eigenvalue weighted by atomic mass is 9.70. The molecule has 1 aromatic heterocycles. The molecule has 1 spiro atoms. The number of rotatable bonds is 4. The fraction of sp³-hybridized carbons (Fsp3) is 0.591. The lowest BCUT2D eigenvalue weighted by molar-refractivity contribution is 0.0548. The summed E-state index contributed by atoms with van der Waals surface area (Å²) in [6.45, 7) is 7.38. The Balaban J connectivity index is 1.51. The number of aromatic nitrogens is 2. The SMILES string of the molecule is COc1cc(Cl)ccc1C(=O)N1CCC2(CC1)CN(C)C[C@@H]2c1nnc(C(C)C)o1. The van der Waals surface area contributed by atoms with Crippen molar-refractivity contribution in [3.8, 4) is 5.75 Å². The Kier molecular flexibility index (Phi) is 5.77. The Morgan fingerprint density at radius 3 is 2.67 bits per heavy atom. The fourth-order valence-corrected chi connectivity index (χ4v) is 5.01. The number of amides is 1. The van der Waals surface area contributed by atoms with Crippen molar-refractivity contribution in [2.45, 2.75) is 38.5 Å². The molecule has 0 unspecified atom stereocenters. The maximum atomic E-state index is 13.1. The van der Waals surface area contributed by atoms with Crippen LogP contribution in [0.4, 0.5) is 0 Å². The number of likely N-dealkylation sites (tertiary alicyclic amines) is 2. The van der Waals surface area contributed by atoms with Crippen LogP contribution >= 0.6 is 11.6 Å². The summed E-state index contributed by atoms with van der Waals surface area (Å²) in [5, 5.41) is 9.18. The van der Waals surface area contributed by atoms with E-state index in [1.165, 1.54) is 0 Å². The van der Waals surface area contributed by atoms with E-state index in [1.807, 2.05) is 4.90 Å². The summed E-state index contributed by atoms with van der Waals surface area (Å²) >= 11 is 6.05. The quantitative estimate of drug-likeness (QED) is 0.731. The van der Waals surface area contributed by atoms with Crippen LogP contribution in [-0.4, -0.2) is 66.2 Å². The maximum Gasteiger partial charge on any atom is 0.257 e. The maximum absolute atomic E-state index is 13.1. The summed E-state index contributed by atoms with van der Waals surface area (Å²) in [6.07, 6.45) is 1.81. The standard InChI is InChI=1S/C22H29ClN4O3/c1-14(2)19-24-25-20(30-19)17-12-26(3)13-22(17)7-9-27(10-8-22)21(28)16-6-5-15(23)11-18(16)29-4/h5-6,11,14,17H,7-10,12-13H2,1-4H3/t17-/m1/s1. The molecule has 0 N–H and O–H groups in total. The van der Waals surface area contributed by atoms with E-state index in [-0.39, 0.29) is 23.2 Å². The van der Waals surface area contributed by atoms with E-state index in [0.717, 1.165) is 31.8 Å². The Hall–Kier alpha value is -2.12. The van der Waals surface area contributed by atoms with Crippen LogP contribution in [0.15, 0.2) is 22.6 Å². The van der Waals surface area contributed by atoms with E-state index in [2.05, 4.69) is 36.0 Å². The van der Waals surface area contributed by atoms with E-state index in [9.17, 15) is 4.79 Å². The molecule has 2 aliphatic rings. The molecular weight excluding hydrogens is 404 g/mol. The van der Waals surface area contributed by atoms with Crippen molar-refractivity contribution < 1.29 is 13.9 Å². The second-order valence-corrected chi connectivity index (χ2v) is 9.32. The fourth-order valence-electron chi connectivity index (χ4n) is 4.85. The zero-order chi connectivity index (χ0) is 21.5. The van der Waals surface area contributed by atoms with Gasteiger partial charge < -0.3 is 19.0 Å². The molecule has 0 saturated carbocycles. The number of likely N-dealkylation sites (N-methyl/N-ethyl adjacent to an activating group) is 1. The lowest BCUT2D eigenvalue weighted by Gasteiger charge is -2.41. The molecule has 30 heavy (non-hydrogen) atoms. The Morgan fingerprint density at radius 2 is 2.03 bits per heavy atom. The van der Waals surface area contributed by atoms with Crippen LogP contribution in [0.2, 0.25) is 5.02 Å².